The van der Waals surface area contributed by atoms with E-state index in [0.717, 1.165) is 0 Å². The first-order chi connectivity index (χ1) is 8.61. The molecule has 0 bridgehead atoms. The molecule has 18 heavy (non-hydrogen) atoms. The molecule has 0 spiro atoms. The van der Waals surface area contributed by atoms with E-state index >= 15 is 0 Å². The highest BCUT2D eigenvalue weighted by Gasteiger charge is 2.23. The second kappa shape index (κ2) is 5.63. The van der Waals surface area contributed by atoms with E-state index in [4.69, 9.17) is 10.5 Å². The highest BCUT2D eigenvalue weighted by atomic mass is 19.1. The fraction of sp³-hybridized carbons (Fsp3) is 0.538. The number of ether oxygens (including phenoxy) is 1. The van der Waals surface area contributed by atoms with Crippen LogP contribution in [-0.2, 0) is 11.2 Å². The van der Waals surface area contributed by atoms with E-state index in [1.165, 1.54) is 12.1 Å². The van der Waals surface area contributed by atoms with Crippen molar-refractivity contribution in [3.05, 3.63) is 29.3 Å². The standard InChI is InChI=1S/C13H18F2N2O/c1-9-8-17(4-5-18-9)13-11(14)6-10(2-3-16)7-12(13)15/h6-7,9H,2-5,8,16H2,1H3. The minimum atomic E-state index is -0.521. The maximum atomic E-state index is 14.0. The van der Waals surface area contributed by atoms with Gasteiger partial charge in [-0.25, -0.2) is 8.78 Å². The molecule has 2 N–H and O–H groups in total. The van der Waals surface area contributed by atoms with Gasteiger partial charge in [-0.1, -0.05) is 0 Å². The Morgan fingerprint density at radius 3 is 2.61 bits per heavy atom. The molecule has 1 unspecified atom stereocenters. The molecular formula is C13H18F2N2O. The Morgan fingerprint density at radius 2 is 2.06 bits per heavy atom. The number of hydrogen-bond acceptors (Lipinski definition) is 3. The quantitative estimate of drug-likeness (QED) is 0.894. The lowest BCUT2D eigenvalue weighted by Crippen LogP contribution is -2.42. The second-order valence-corrected chi connectivity index (χ2v) is 4.57. The van der Waals surface area contributed by atoms with Crippen LogP contribution in [0.1, 0.15) is 12.5 Å². The van der Waals surface area contributed by atoms with Gasteiger partial charge in [0, 0.05) is 13.1 Å². The molecule has 5 heteroatoms. The van der Waals surface area contributed by atoms with Gasteiger partial charge in [-0.15, -0.1) is 0 Å². The molecule has 100 valence electrons. The predicted molar refractivity (Wildman–Crippen MR) is 66.7 cm³/mol. The van der Waals surface area contributed by atoms with Gasteiger partial charge in [0.2, 0.25) is 0 Å². The summed E-state index contributed by atoms with van der Waals surface area (Å²) < 4.78 is 33.3. The van der Waals surface area contributed by atoms with Crippen molar-refractivity contribution in [1.29, 1.82) is 0 Å². The van der Waals surface area contributed by atoms with Gasteiger partial charge in [0.1, 0.15) is 17.3 Å². The van der Waals surface area contributed by atoms with Crippen molar-refractivity contribution in [3.63, 3.8) is 0 Å². The van der Waals surface area contributed by atoms with E-state index in [1.807, 2.05) is 6.92 Å². The number of rotatable bonds is 3. The average molecular weight is 256 g/mol. The number of halogens is 2. The van der Waals surface area contributed by atoms with Gasteiger partial charge in [-0.3, -0.25) is 0 Å². The van der Waals surface area contributed by atoms with Crippen LogP contribution in [0, 0.1) is 11.6 Å². The Hall–Kier alpha value is -1.20. The summed E-state index contributed by atoms with van der Waals surface area (Å²) in [5.74, 6) is -1.04. The summed E-state index contributed by atoms with van der Waals surface area (Å²) in [5.41, 5.74) is 6.03. The molecule has 0 saturated carbocycles. The molecule has 0 amide bonds. The summed E-state index contributed by atoms with van der Waals surface area (Å²) in [4.78, 5) is 1.70. The summed E-state index contributed by atoms with van der Waals surface area (Å²) in [6.45, 7) is 3.78. The van der Waals surface area contributed by atoms with Crippen molar-refractivity contribution in [2.24, 2.45) is 5.73 Å². The molecule has 0 aliphatic carbocycles. The molecule has 0 radical (unpaired) electrons. The van der Waals surface area contributed by atoms with Crippen LogP contribution in [0.3, 0.4) is 0 Å². The summed E-state index contributed by atoms with van der Waals surface area (Å²) in [7, 11) is 0. The highest BCUT2D eigenvalue weighted by molar-refractivity contribution is 5.51. The van der Waals surface area contributed by atoms with Gasteiger partial charge in [-0.05, 0) is 37.6 Å². The first kappa shape index (κ1) is 13.2. The second-order valence-electron chi connectivity index (χ2n) is 4.57. The molecule has 1 atom stereocenters. The van der Waals surface area contributed by atoms with E-state index in [1.54, 1.807) is 4.90 Å². The molecule has 1 aliphatic rings. The van der Waals surface area contributed by atoms with Gasteiger partial charge >= 0.3 is 0 Å². The van der Waals surface area contributed by atoms with E-state index in [0.29, 0.717) is 38.2 Å². The van der Waals surface area contributed by atoms with Crippen molar-refractivity contribution < 1.29 is 13.5 Å². The smallest absolute Gasteiger partial charge is 0.149 e. The fourth-order valence-corrected chi connectivity index (χ4v) is 2.25. The molecule has 1 aromatic carbocycles. The first-order valence-electron chi connectivity index (χ1n) is 6.16. The fourth-order valence-electron chi connectivity index (χ4n) is 2.25. The van der Waals surface area contributed by atoms with Crippen LogP contribution in [-0.4, -0.2) is 32.3 Å². The van der Waals surface area contributed by atoms with Crippen LogP contribution >= 0.6 is 0 Å². The molecule has 1 saturated heterocycles. The maximum absolute atomic E-state index is 14.0. The van der Waals surface area contributed by atoms with E-state index in [9.17, 15) is 8.78 Å². The number of nitrogens with zero attached hydrogens (tertiary/aromatic N) is 1. The number of anilines is 1. The number of nitrogens with two attached hydrogens (primary N) is 1. The zero-order valence-electron chi connectivity index (χ0n) is 10.5. The van der Waals surface area contributed by atoms with Crippen molar-refractivity contribution in [1.82, 2.24) is 0 Å². The SMILES string of the molecule is CC1CN(c2c(F)cc(CCN)cc2F)CCO1. The molecule has 1 aliphatic heterocycles. The summed E-state index contributed by atoms with van der Waals surface area (Å²) >= 11 is 0. The number of morpholine rings is 1. The van der Waals surface area contributed by atoms with Crippen LogP contribution in [0.15, 0.2) is 12.1 Å². The molecule has 2 rings (SSSR count). The Labute approximate surface area is 106 Å². The van der Waals surface area contributed by atoms with Gasteiger partial charge in [-0.2, -0.15) is 0 Å². The van der Waals surface area contributed by atoms with Crippen molar-refractivity contribution >= 4 is 5.69 Å². The van der Waals surface area contributed by atoms with Gasteiger partial charge < -0.3 is 15.4 Å². The Morgan fingerprint density at radius 1 is 1.39 bits per heavy atom. The lowest BCUT2D eigenvalue weighted by atomic mass is 10.1. The third-order valence-corrected chi connectivity index (χ3v) is 3.07. The van der Waals surface area contributed by atoms with Crippen LogP contribution < -0.4 is 10.6 Å². The third kappa shape index (κ3) is 2.79. The van der Waals surface area contributed by atoms with Gasteiger partial charge in [0.15, 0.2) is 0 Å². The number of benzene rings is 1. The van der Waals surface area contributed by atoms with E-state index < -0.39 is 11.6 Å². The lowest BCUT2D eigenvalue weighted by Gasteiger charge is -2.33. The Bertz CT molecular complexity index is 402. The van der Waals surface area contributed by atoms with Crippen molar-refractivity contribution in [3.8, 4) is 0 Å². The monoisotopic (exact) mass is 256 g/mol. The van der Waals surface area contributed by atoms with Crippen molar-refractivity contribution in [2.75, 3.05) is 31.1 Å². The highest BCUT2D eigenvalue weighted by Crippen LogP contribution is 2.26. The van der Waals surface area contributed by atoms with E-state index in [2.05, 4.69) is 0 Å². The van der Waals surface area contributed by atoms with Crippen LogP contribution in [0.5, 0.6) is 0 Å². The molecule has 3 nitrogen and oxygen atoms in total. The third-order valence-electron chi connectivity index (χ3n) is 3.07. The summed E-state index contributed by atoms with van der Waals surface area (Å²) in [6, 6.07) is 2.73. The Balaban J connectivity index is 2.27. The first-order valence-corrected chi connectivity index (χ1v) is 6.16. The molecule has 0 aromatic heterocycles. The molecule has 1 heterocycles. The van der Waals surface area contributed by atoms with Crippen LogP contribution in [0.4, 0.5) is 14.5 Å². The number of hydrogen-bond donors (Lipinski definition) is 1. The average Bonchev–Trinajstić information content (AvgIpc) is 2.28. The largest absolute Gasteiger partial charge is 0.375 e. The molecule has 1 fully saturated rings. The molecule has 1 aromatic rings. The van der Waals surface area contributed by atoms with Crippen molar-refractivity contribution in [2.45, 2.75) is 19.4 Å². The van der Waals surface area contributed by atoms with Crippen LogP contribution in [0.25, 0.3) is 0 Å². The summed E-state index contributed by atoms with van der Waals surface area (Å²) in [5, 5.41) is 0. The summed E-state index contributed by atoms with van der Waals surface area (Å²) in [6.07, 6.45) is 0.467. The van der Waals surface area contributed by atoms with Crippen LogP contribution in [0.2, 0.25) is 0 Å². The Kier molecular flexibility index (Phi) is 4.14. The maximum Gasteiger partial charge on any atom is 0.149 e. The normalized spacial score (nSPS) is 20.2. The van der Waals surface area contributed by atoms with E-state index in [-0.39, 0.29) is 11.8 Å². The minimum Gasteiger partial charge on any atom is -0.375 e. The van der Waals surface area contributed by atoms with Gasteiger partial charge in [0.05, 0.1) is 12.7 Å². The molecular weight excluding hydrogens is 238 g/mol. The predicted octanol–water partition coefficient (Wildman–Crippen LogP) is 1.69. The zero-order valence-corrected chi connectivity index (χ0v) is 10.5. The minimum absolute atomic E-state index is 0.0127. The zero-order chi connectivity index (χ0) is 13.1. The lowest BCUT2D eigenvalue weighted by molar-refractivity contribution is 0.0527. The van der Waals surface area contributed by atoms with Gasteiger partial charge in [0.25, 0.3) is 0 Å². The topological polar surface area (TPSA) is 38.5 Å².